The zero-order chi connectivity index (χ0) is 19.6. The predicted octanol–water partition coefficient (Wildman–Crippen LogP) is 3.11. The summed E-state index contributed by atoms with van der Waals surface area (Å²) in [6.07, 6.45) is -0.146. The minimum absolute atomic E-state index is 0.0482. The zero-order valence-corrected chi connectivity index (χ0v) is 16.5. The van der Waals surface area contributed by atoms with Gasteiger partial charge in [0.15, 0.2) is 6.10 Å². The number of hydrogen-bond donors (Lipinski definition) is 1. The number of ether oxygens (including phenoxy) is 1. The Kier molecular flexibility index (Phi) is 5.41. The van der Waals surface area contributed by atoms with Crippen LogP contribution in [-0.4, -0.2) is 32.7 Å². The molecule has 1 heterocycles. The summed E-state index contributed by atoms with van der Waals surface area (Å²) in [7, 11) is -3.52. The first kappa shape index (κ1) is 19.2. The van der Waals surface area contributed by atoms with Crippen molar-refractivity contribution in [3.63, 3.8) is 0 Å². The lowest BCUT2D eigenvalue weighted by Crippen LogP contribution is -2.49. The molecule has 144 valence electrons. The van der Waals surface area contributed by atoms with Gasteiger partial charge in [-0.25, -0.2) is 8.42 Å². The van der Waals surface area contributed by atoms with Crippen molar-refractivity contribution in [2.24, 2.45) is 0 Å². The molecule has 0 fully saturated rings. The average Bonchev–Trinajstić information content (AvgIpc) is 2.68. The molecule has 7 heteroatoms. The SMILES string of the molecule is CCc1cccc(C)c1NC(=O)[C@@H]1CN(S(=O)(=O)CC)c2ccccc2O1. The Hall–Kier alpha value is -2.54. The first-order valence-electron chi connectivity index (χ1n) is 9.02. The van der Waals surface area contributed by atoms with E-state index in [0.29, 0.717) is 11.4 Å². The third-order valence-corrected chi connectivity index (χ3v) is 6.46. The maximum Gasteiger partial charge on any atom is 0.267 e. The van der Waals surface area contributed by atoms with Gasteiger partial charge in [0.25, 0.3) is 5.91 Å². The molecular formula is C20H24N2O4S. The molecule has 1 aliphatic heterocycles. The van der Waals surface area contributed by atoms with Gasteiger partial charge in [0.2, 0.25) is 10.0 Å². The fourth-order valence-corrected chi connectivity index (χ4v) is 4.29. The average molecular weight is 388 g/mol. The number of benzene rings is 2. The summed E-state index contributed by atoms with van der Waals surface area (Å²) in [5.41, 5.74) is 3.21. The van der Waals surface area contributed by atoms with Crippen LogP contribution in [0, 0.1) is 6.92 Å². The number of nitrogens with zero attached hydrogens (tertiary/aromatic N) is 1. The van der Waals surface area contributed by atoms with E-state index in [9.17, 15) is 13.2 Å². The van der Waals surface area contributed by atoms with Gasteiger partial charge in [-0.15, -0.1) is 0 Å². The zero-order valence-electron chi connectivity index (χ0n) is 15.7. The summed E-state index contributed by atoms with van der Waals surface area (Å²) in [6, 6.07) is 12.7. The first-order chi connectivity index (χ1) is 12.9. The Balaban J connectivity index is 1.91. The molecule has 0 unspecified atom stereocenters. The molecule has 1 aliphatic rings. The van der Waals surface area contributed by atoms with Crippen LogP contribution in [0.3, 0.4) is 0 Å². The van der Waals surface area contributed by atoms with Gasteiger partial charge in [0, 0.05) is 5.69 Å². The summed E-state index contributed by atoms with van der Waals surface area (Å²) < 4.78 is 32.2. The Labute approximate surface area is 160 Å². The van der Waals surface area contributed by atoms with Gasteiger partial charge in [-0.2, -0.15) is 0 Å². The van der Waals surface area contributed by atoms with E-state index in [-0.39, 0.29) is 18.2 Å². The van der Waals surface area contributed by atoms with E-state index in [1.54, 1.807) is 31.2 Å². The summed E-state index contributed by atoms with van der Waals surface area (Å²) >= 11 is 0. The number of hydrogen-bond acceptors (Lipinski definition) is 4. The molecule has 1 N–H and O–H groups in total. The molecule has 0 radical (unpaired) electrons. The standard InChI is InChI=1S/C20H24N2O4S/c1-4-15-10-8-9-14(3)19(15)21-20(23)18-13-22(27(24,25)5-2)16-11-6-7-12-17(16)26-18/h6-12,18H,4-5,13H2,1-3H3,(H,21,23)/t18-/m0/s1. The van der Waals surface area contributed by atoms with Crippen molar-refractivity contribution in [1.82, 2.24) is 0 Å². The van der Waals surface area contributed by atoms with Crippen LogP contribution in [-0.2, 0) is 21.2 Å². The quantitative estimate of drug-likeness (QED) is 0.854. The van der Waals surface area contributed by atoms with Crippen molar-refractivity contribution in [3.05, 3.63) is 53.6 Å². The topological polar surface area (TPSA) is 75.7 Å². The largest absolute Gasteiger partial charge is 0.476 e. The van der Waals surface area contributed by atoms with Crippen LogP contribution in [0.15, 0.2) is 42.5 Å². The second kappa shape index (κ2) is 7.60. The molecule has 0 spiro atoms. The highest BCUT2D eigenvalue weighted by molar-refractivity contribution is 7.92. The lowest BCUT2D eigenvalue weighted by molar-refractivity contribution is -0.122. The molecular weight excluding hydrogens is 364 g/mol. The molecule has 1 atom stereocenters. The number of aryl methyl sites for hydroxylation is 2. The number of carbonyl (C=O) groups excluding carboxylic acids is 1. The maximum absolute atomic E-state index is 12.9. The van der Waals surface area contributed by atoms with Gasteiger partial charge in [-0.1, -0.05) is 37.3 Å². The molecule has 2 aromatic carbocycles. The van der Waals surface area contributed by atoms with Crippen LogP contribution in [0.2, 0.25) is 0 Å². The highest BCUT2D eigenvalue weighted by atomic mass is 32.2. The summed E-state index contributed by atoms with van der Waals surface area (Å²) in [4.78, 5) is 12.9. The van der Waals surface area contributed by atoms with Crippen LogP contribution in [0.5, 0.6) is 5.75 Å². The number of sulfonamides is 1. The minimum atomic E-state index is -3.52. The summed E-state index contributed by atoms with van der Waals surface area (Å²) in [5, 5.41) is 2.93. The van der Waals surface area contributed by atoms with Crippen LogP contribution in [0.1, 0.15) is 25.0 Å². The number of nitrogens with one attached hydrogen (secondary N) is 1. The fraction of sp³-hybridized carbons (Fsp3) is 0.350. The first-order valence-corrected chi connectivity index (χ1v) is 10.6. The van der Waals surface area contributed by atoms with E-state index in [0.717, 1.165) is 23.2 Å². The fourth-order valence-electron chi connectivity index (χ4n) is 3.16. The molecule has 0 aliphatic carbocycles. The molecule has 2 aromatic rings. The predicted molar refractivity (Wildman–Crippen MR) is 107 cm³/mol. The normalized spacial score (nSPS) is 16.4. The number of fused-ring (bicyclic) bond motifs is 1. The van der Waals surface area contributed by atoms with Crippen LogP contribution >= 0.6 is 0 Å². The third kappa shape index (κ3) is 3.78. The second-order valence-electron chi connectivity index (χ2n) is 6.46. The van der Waals surface area contributed by atoms with Gasteiger partial charge >= 0.3 is 0 Å². The van der Waals surface area contributed by atoms with Crippen molar-refractivity contribution in [3.8, 4) is 5.75 Å². The number of amides is 1. The lowest BCUT2D eigenvalue weighted by atomic mass is 10.1. The Morgan fingerprint density at radius 2 is 1.93 bits per heavy atom. The Morgan fingerprint density at radius 3 is 2.63 bits per heavy atom. The smallest absolute Gasteiger partial charge is 0.267 e. The lowest BCUT2D eigenvalue weighted by Gasteiger charge is -2.34. The van der Waals surface area contributed by atoms with E-state index in [4.69, 9.17) is 4.74 Å². The highest BCUT2D eigenvalue weighted by Gasteiger charge is 2.36. The van der Waals surface area contributed by atoms with E-state index in [1.165, 1.54) is 4.31 Å². The van der Waals surface area contributed by atoms with Gasteiger partial charge in [0.1, 0.15) is 5.75 Å². The van der Waals surface area contributed by atoms with Crippen LogP contribution in [0.25, 0.3) is 0 Å². The molecule has 1 amide bonds. The highest BCUT2D eigenvalue weighted by Crippen LogP contribution is 2.35. The van der Waals surface area contributed by atoms with Gasteiger partial charge in [-0.3, -0.25) is 9.10 Å². The van der Waals surface area contributed by atoms with Crippen molar-refractivity contribution in [2.75, 3.05) is 21.9 Å². The van der Waals surface area contributed by atoms with Gasteiger partial charge < -0.3 is 10.1 Å². The number of anilines is 2. The van der Waals surface area contributed by atoms with E-state index in [2.05, 4.69) is 5.32 Å². The molecule has 0 saturated heterocycles. The second-order valence-corrected chi connectivity index (χ2v) is 8.64. The maximum atomic E-state index is 12.9. The molecule has 3 rings (SSSR count). The molecule has 6 nitrogen and oxygen atoms in total. The third-order valence-electron chi connectivity index (χ3n) is 4.72. The van der Waals surface area contributed by atoms with E-state index in [1.807, 2.05) is 32.0 Å². The molecule has 0 aromatic heterocycles. The van der Waals surface area contributed by atoms with E-state index >= 15 is 0 Å². The van der Waals surface area contributed by atoms with Crippen LogP contribution < -0.4 is 14.4 Å². The summed E-state index contributed by atoms with van der Waals surface area (Å²) in [5.74, 6) is -0.0146. The number of rotatable bonds is 5. The Morgan fingerprint density at radius 1 is 1.19 bits per heavy atom. The minimum Gasteiger partial charge on any atom is -0.476 e. The summed E-state index contributed by atoms with van der Waals surface area (Å²) in [6.45, 7) is 5.49. The molecule has 0 saturated carbocycles. The van der Waals surface area contributed by atoms with Gasteiger partial charge in [0.05, 0.1) is 18.0 Å². The Bertz CT molecular complexity index is 956. The van der Waals surface area contributed by atoms with Crippen LogP contribution in [0.4, 0.5) is 11.4 Å². The molecule has 0 bridgehead atoms. The van der Waals surface area contributed by atoms with Crippen molar-refractivity contribution >= 4 is 27.3 Å². The van der Waals surface area contributed by atoms with E-state index < -0.39 is 16.1 Å². The number of carbonyl (C=O) groups is 1. The monoisotopic (exact) mass is 388 g/mol. The van der Waals surface area contributed by atoms with Gasteiger partial charge in [-0.05, 0) is 43.5 Å². The number of para-hydroxylation sites is 3. The van der Waals surface area contributed by atoms with Crippen molar-refractivity contribution in [1.29, 1.82) is 0 Å². The van der Waals surface area contributed by atoms with Crippen molar-refractivity contribution < 1.29 is 17.9 Å². The molecule has 27 heavy (non-hydrogen) atoms. The van der Waals surface area contributed by atoms with Crippen molar-refractivity contribution in [2.45, 2.75) is 33.3 Å².